The number of alkyl halides is 2. The van der Waals surface area contributed by atoms with Crippen molar-refractivity contribution in [1.82, 2.24) is 15.5 Å². The number of carbonyl (C=O) groups is 1. The highest BCUT2D eigenvalue weighted by Gasteiger charge is 2.33. The van der Waals surface area contributed by atoms with Crippen LogP contribution in [0.1, 0.15) is 77.5 Å². The highest BCUT2D eigenvalue weighted by atomic mass is 19.3. The van der Waals surface area contributed by atoms with Crippen LogP contribution in [-0.2, 0) is 15.5 Å². The number of rotatable bonds is 9. The molecule has 0 aromatic carbocycles. The summed E-state index contributed by atoms with van der Waals surface area (Å²) in [6.07, 6.45) is 13.4. The smallest absolute Gasteiger partial charge is 0.322 e. The number of anilines is 1. The van der Waals surface area contributed by atoms with Crippen molar-refractivity contribution in [2.75, 3.05) is 24.6 Å². The molecule has 188 valence electrons. The second-order valence-corrected chi connectivity index (χ2v) is 9.93. The van der Waals surface area contributed by atoms with E-state index < -0.39 is 11.8 Å². The van der Waals surface area contributed by atoms with Crippen molar-refractivity contribution in [3.63, 3.8) is 0 Å². The molecule has 4 rings (SSSR count). The van der Waals surface area contributed by atoms with Gasteiger partial charge in [-0.15, -0.1) is 0 Å². The number of hydrogen-bond donors (Lipinski definition) is 1. The average molecular weight is 479 g/mol. The van der Waals surface area contributed by atoms with Crippen LogP contribution < -0.4 is 10.2 Å². The summed E-state index contributed by atoms with van der Waals surface area (Å²) >= 11 is 0. The zero-order valence-electron chi connectivity index (χ0n) is 20.2. The number of piperidine rings is 1. The van der Waals surface area contributed by atoms with Crippen LogP contribution in [0.3, 0.4) is 0 Å². The lowest BCUT2D eigenvalue weighted by Crippen LogP contribution is -2.35. The van der Waals surface area contributed by atoms with E-state index in [-0.39, 0.29) is 18.0 Å². The number of nitrogens with zero attached hydrogens (tertiary/aromatic N) is 3. The SMILES string of the molecule is CC1=CC(OCCCC2CCN(c3noc(C(C)(F)F)n3)CC2)CC=C1C(=O)NC1CCCC1. The van der Waals surface area contributed by atoms with E-state index >= 15 is 0 Å². The van der Waals surface area contributed by atoms with Crippen molar-refractivity contribution in [3.8, 4) is 0 Å². The predicted molar refractivity (Wildman–Crippen MR) is 125 cm³/mol. The molecule has 2 heterocycles. The Morgan fingerprint density at radius 2 is 2.00 bits per heavy atom. The maximum Gasteiger partial charge on any atom is 0.322 e. The number of amides is 1. The quantitative estimate of drug-likeness (QED) is 0.509. The summed E-state index contributed by atoms with van der Waals surface area (Å²) < 4.78 is 37.4. The number of halogens is 2. The molecule has 1 aliphatic heterocycles. The van der Waals surface area contributed by atoms with Gasteiger partial charge in [-0.25, -0.2) is 0 Å². The summed E-state index contributed by atoms with van der Waals surface area (Å²) in [5, 5.41) is 6.88. The molecule has 3 aliphatic rings. The first kappa shape index (κ1) is 24.8. The van der Waals surface area contributed by atoms with Gasteiger partial charge < -0.3 is 19.5 Å². The molecule has 34 heavy (non-hydrogen) atoms. The first-order chi connectivity index (χ1) is 16.3. The molecule has 0 radical (unpaired) electrons. The van der Waals surface area contributed by atoms with Gasteiger partial charge >= 0.3 is 5.92 Å². The van der Waals surface area contributed by atoms with Gasteiger partial charge in [0.1, 0.15) is 0 Å². The summed E-state index contributed by atoms with van der Waals surface area (Å²) in [6, 6.07) is 0.327. The molecule has 1 amide bonds. The largest absolute Gasteiger partial charge is 0.374 e. The van der Waals surface area contributed by atoms with E-state index in [0.717, 1.165) is 76.1 Å². The normalized spacial score (nSPS) is 22.6. The molecule has 1 saturated heterocycles. The maximum atomic E-state index is 13.3. The van der Waals surface area contributed by atoms with Crippen LogP contribution in [0.4, 0.5) is 14.7 Å². The third-order valence-corrected chi connectivity index (χ3v) is 7.13. The van der Waals surface area contributed by atoms with Crippen molar-refractivity contribution in [2.24, 2.45) is 5.92 Å². The Morgan fingerprint density at radius 1 is 1.26 bits per heavy atom. The van der Waals surface area contributed by atoms with Gasteiger partial charge in [0.25, 0.3) is 17.7 Å². The van der Waals surface area contributed by atoms with E-state index in [9.17, 15) is 13.6 Å². The van der Waals surface area contributed by atoms with Crippen LogP contribution in [0.5, 0.6) is 0 Å². The number of carbonyl (C=O) groups excluding carboxylic acids is 1. The molecule has 1 N–H and O–H groups in total. The summed E-state index contributed by atoms with van der Waals surface area (Å²) in [5.74, 6) is -2.87. The first-order valence-electron chi connectivity index (χ1n) is 12.6. The van der Waals surface area contributed by atoms with Gasteiger partial charge in [0.15, 0.2) is 0 Å². The average Bonchev–Trinajstić information content (AvgIpc) is 3.49. The topological polar surface area (TPSA) is 80.5 Å². The summed E-state index contributed by atoms with van der Waals surface area (Å²) in [6.45, 7) is 4.90. The highest BCUT2D eigenvalue weighted by molar-refractivity contribution is 5.98. The Bertz CT molecular complexity index is 894. The number of aromatic nitrogens is 2. The lowest BCUT2D eigenvalue weighted by atomic mass is 9.92. The zero-order valence-corrected chi connectivity index (χ0v) is 20.2. The van der Waals surface area contributed by atoms with Crippen LogP contribution >= 0.6 is 0 Å². The van der Waals surface area contributed by atoms with Crippen LogP contribution in [-0.4, -0.2) is 47.9 Å². The molecule has 1 saturated carbocycles. The zero-order chi connectivity index (χ0) is 24.1. The van der Waals surface area contributed by atoms with Crippen LogP contribution in [0, 0.1) is 5.92 Å². The third-order valence-electron chi connectivity index (χ3n) is 7.13. The Morgan fingerprint density at radius 3 is 2.65 bits per heavy atom. The Hall–Kier alpha value is -2.29. The van der Waals surface area contributed by atoms with Gasteiger partial charge in [-0.05, 0) is 68.5 Å². The second kappa shape index (κ2) is 11.0. The fourth-order valence-electron chi connectivity index (χ4n) is 5.10. The monoisotopic (exact) mass is 478 g/mol. The molecule has 9 heteroatoms. The van der Waals surface area contributed by atoms with Crippen molar-refractivity contribution in [3.05, 3.63) is 29.2 Å². The second-order valence-electron chi connectivity index (χ2n) is 9.93. The molecule has 2 fully saturated rings. The highest BCUT2D eigenvalue weighted by Crippen LogP contribution is 2.29. The summed E-state index contributed by atoms with van der Waals surface area (Å²) in [7, 11) is 0. The standard InChI is InChI=1S/C25H36F2N4O3/c1-17-16-20(9-10-21(17)22(32)28-19-7-3-4-8-19)33-15-5-6-18-11-13-31(14-12-18)24-29-23(34-30-24)25(2,26)27/h10,16,18-20H,3-9,11-15H2,1-2H3,(H,28,32). The predicted octanol–water partition coefficient (Wildman–Crippen LogP) is 4.90. The minimum atomic E-state index is -3.12. The van der Waals surface area contributed by atoms with E-state index in [4.69, 9.17) is 9.26 Å². The summed E-state index contributed by atoms with van der Waals surface area (Å²) in [5.41, 5.74) is 1.78. The van der Waals surface area contributed by atoms with Gasteiger partial charge in [-0.3, -0.25) is 4.79 Å². The molecule has 1 aromatic heterocycles. The van der Waals surface area contributed by atoms with Crippen molar-refractivity contribution >= 4 is 11.9 Å². The number of hydrogen-bond acceptors (Lipinski definition) is 6. The van der Waals surface area contributed by atoms with Gasteiger partial charge in [0.2, 0.25) is 0 Å². The number of ether oxygens (including phenoxy) is 1. The minimum Gasteiger partial charge on any atom is -0.374 e. The van der Waals surface area contributed by atoms with Gasteiger partial charge in [0.05, 0.1) is 6.10 Å². The van der Waals surface area contributed by atoms with E-state index in [2.05, 4.69) is 21.5 Å². The minimum absolute atomic E-state index is 0.0222. The molecule has 7 nitrogen and oxygen atoms in total. The molecular formula is C25H36F2N4O3. The molecule has 0 spiro atoms. The van der Waals surface area contributed by atoms with Crippen molar-refractivity contribution in [1.29, 1.82) is 0 Å². The lowest BCUT2D eigenvalue weighted by Gasteiger charge is -2.31. The molecule has 1 atom stereocenters. The van der Waals surface area contributed by atoms with Gasteiger partial charge in [-0.2, -0.15) is 13.8 Å². The van der Waals surface area contributed by atoms with Crippen LogP contribution in [0.2, 0.25) is 0 Å². The Labute approximate surface area is 200 Å². The van der Waals surface area contributed by atoms with E-state index in [1.807, 2.05) is 17.9 Å². The lowest BCUT2D eigenvalue weighted by molar-refractivity contribution is -0.118. The van der Waals surface area contributed by atoms with Crippen LogP contribution in [0.15, 0.2) is 27.8 Å². The van der Waals surface area contributed by atoms with E-state index in [1.54, 1.807) is 0 Å². The Kier molecular flexibility index (Phi) is 8.01. The number of nitrogens with one attached hydrogen (secondary N) is 1. The fourth-order valence-corrected chi connectivity index (χ4v) is 5.10. The molecular weight excluding hydrogens is 442 g/mol. The molecule has 0 bridgehead atoms. The fraction of sp³-hybridized carbons (Fsp3) is 0.720. The Balaban J connectivity index is 1.12. The van der Waals surface area contributed by atoms with Crippen molar-refractivity contribution in [2.45, 2.75) is 89.7 Å². The van der Waals surface area contributed by atoms with Gasteiger partial charge in [-0.1, -0.05) is 25.0 Å². The van der Waals surface area contributed by atoms with Crippen LogP contribution in [0.25, 0.3) is 0 Å². The molecule has 2 aliphatic carbocycles. The van der Waals surface area contributed by atoms with E-state index in [1.165, 1.54) is 12.8 Å². The maximum absolute atomic E-state index is 13.3. The third kappa shape index (κ3) is 6.43. The summed E-state index contributed by atoms with van der Waals surface area (Å²) in [4.78, 5) is 18.3. The van der Waals surface area contributed by atoms with Gasteiger partial charge in [0, 0.05) is 38.2 Å². The van der Waals surface area contributed by atoms with E-state index in [0.29, 0.717) is 18.6 Å². The molecule has 1 unspecified atom stereocenters. The van der Waals surface area contributed by atoms with Crippen molar-refractivity contribution < 1.29 is 22.8 Å². The molecule has 1 aromatic rings. The first-order valence-corrected chi connectivity index (χ1v) is 12.6.